The van der Waals surface area contributed by atoms with Crippen LogP contribution in [0.5, 0.6) is 0 Å². The number of benzene rings is 1. The van der Waals surface area contributed by atoms with E-state index in [1.54, 1.807) is 18.5 Å². The molecule has 1 amide bonds. The van der Waals surface area contributed by atoms with Crippen LogP contribution in [-0.4, -0.2) is 41.1 Å². The van der Waals surface area contributed by atoms with E-state index in [0.29, 0.717) is 15.7 Å². The zero-order valence-corrected chi connectivity index (χ0v) is 11.9. The fraction of sp³-hybridized carbons (Fsp3) is 0.231. The van der Waals surface area contributed by atoms with Gasteiger partial charge in [-0.25, -0.2) is 4.98 Å². The average Bonchev–Trinajstić information content (AvgIpc) is 2.88. The fourth-order valence-electron chi connectivity index (χ4n) is 1.58. The Morgan fingerprint density at radius 1 is 1.47 bits per heavy atom. The number of hydrogen-bond acceptors (Lipinski definition) is 4. The Labute approximate surface area is 120 Å². The number of nitrogens with zero attached hydrogens (tertiary/aromatic N) is 2. The number of rotatable bonds is 4. The van der Waals surface area contributed by atoms with E-state index >= 15 is 0 Å². The van der Waals surface area contributed by atoms with Crippen LogP contribution in [0.15, 0.2) is 29.6 Å². The molecule has 1 aromatic carbocycles. The van der Waals surface area contributed by atoms with E-state index in [1.165, 1.54) is 16.2 Å². The number of halogens is 1. The molecule has 0 radical (unpaired) electrons. The molecule has 19 heavy (non-hydrogen) atoms. The Morgan fingerprint density at radius 2 is 2.21 bits per heavy atom. The summed E-state index contributed by atoms with van der Waals surface area (Å²) in [6.45, 7) is 0.224. The first-order valence-electron chi connectivity index (χ1n) is 5.70. The topological polar surface area (TPSA) is 53.4 Å². The van der Waals surface area contributed by atoms with E-state index in [2.05, 4.69) is 4.98 Å². The standard InChI is InChI=1S/C13H13ClN2O2S/c1-16(6-7-17)13(18)11-8-19-12(15-11)9-4-2-3-5-10(9)14/h2-5,8,17H,6-7H2,1H3. The highest BCUT2D eigenvalue weighted by Gasteiger charge is 2.16. The molecule has 100 valence electrons. The zero-order chi connectivity index (χ0) is 13.8. The first kappa shape index (κ1) is 14.0. The summed E-state index contributed by atoms with van der Waals surface area (Å²) in [5.74, 6) is -0.205. The molecule has 0 saturated carbocycles. The van der Waals surface area contributed by atoms with Crippen LogP contribution >= 0.6 is 22.9 Å². The molecule has 0 fully saturated rings. The minimum absolute atomic E-state index is 0.0657. The number of amides is 1. The van der Waals surface area contributed by atoms with Gasteiger partial charge in [0.2, 0.25) is 0 Å². The highest BCUT2D eigenvalue weighted by molar-refractivity contribution is 7.13. The van der Waals surface area contributed by atoms with Crippen LogP contribution in [0.25, 0.3) is 10.6 Å². The molecule has 2 aromatic rings. The largest absolute Gasteiger partial charge is 0.395 e. The van der Waals surface area contributed by atoms with Gasteiger partial charge in [-0.2, -0.15) is 0 Å². The van der Waals surface area contributed by atoms with Gasteiger partial charge in [0.25, 0.3) is 5.91 Å². The molecule has 4 nitrogen and oxygen atoms in total. The predicted octanol–water partition coefficient (Wildman–Crippen LogP) is 2.53. The first-order valence-corrected chi connectivity index (χ1v) is 6.96. The van der Waals surface area contributed by atoms with Crippen molar-refractivity contribution >= 4 is 28.8 Å². The molecule has 1 heterocycles. The lowest BCUT2D eigenvalue weighted by Crippen LogP contribution is -2.29. The van der Waals surface area contributed by atoms with Crippen molar-refractivity contribution in [2.24, 2.45) is 0 Å². The quantitative estimate of drug-likeness (QED) is 0.943. The van der Waals surface area contributed by atoms with Crippen molar-refractivity contribution < 1.29 is 9.90 Å². The van der Waals surface area contributed by atoms with Gasteiger partial charge < -0.3 is 10.0 Å². The van der Waals surface area contributed by atoms with E-state index in [-0.39, 0.29) is 19.1 Å². The minimum atomic E-state index is -0.205. The highest BCUT2D eigenvalue weighted by Crippen LogP contribution is 2.30. The molecule has 0 spiro atoms. The summed E-state index contributed by atoms with van der Waals surface area (Å²) in [5.41, 5.74) is 1.19. The molecule has 0 aliphatic carbocycles. The van der Waals surface area contributed by atoms with E-state index in [0.717, 1.165) is 5.56 Å². The van der Waals surface area contributed by atoms with Gasteiger partial charge in [0.15, 0.2) is 0 Å². The van der Waals surface area contributed by atoms with Crippen LogP contribution in [0.4, 0.5) is 0 Å². The number of likely N-dealkylation sites (N-methyl/N-ethyl adjacent to an activating group) is 1. The summed E-state index contributed by atoms with van der Waals surface area (Å²) in [7, 11) is 1.63. The van der Waals surface area contributed by atoms with E-state index < -0.39 is 0 Å². The lowest BCUT2D eigenvalue weighted by molar-refractivity contribution is 0.0762. The number of carbonyl (C=O) groups excluding carboxylic acids is 1. The summed E-state index contributed by atoms with van der Waals surface area (Å²) in [6, 6.07) is 7.38. The summed E-state index contributed by atoms with van der Waals surface area (Å²) < 4.78 is 0. The van der Waals surface area contributed by atoms with Gasteiger partial charge in [0, 0.05) is 24.5 Å². The van der Waals surface area contributed by atoms with E-state index in [4.69, 9.17) is 16.7 Å². The van der Waals surface area contributed by atoms with Gasteiger partial charge in [-0.1, -0.05) is 29.8 Å². The second kappa shape index (κ2) is 6.14. The molecular weight excluding hydrogens is 284 g/mol. The van der Waals surface area contributed by atoms with Crippen molar-refractivity contribution in [3.05, 3.63) is 40.4 Å². The number of aliphatic hydroxyl groups is 1. The summed E-state index contributed by atoms with van der Waals surface area (Å²) in [5, 5.41) is 11.9. The second-order valence-electron chi connectivity index (χ2n) is 3.97. The fourth-order valence-corrected chi connectivity index (χ4v) is 2.69. The third kappa shape index (κ3) is 3.12. The van der Waals surface area contributed by atoms with Gasteiger partial charge in [0.05, 0.1) is 11.6 Å². The Balaban J connectivity index is 2.25. The van der Waals surface area contributed by atoms with Gasteiger partial charge in [-0.05, 0) is 6.07 Å². The number of carbonyl (C=O) groups is 1. The van der Waals surface area contributed by atoms with Crippen LogP contribution < -0.4 is 0 Å². The lowest BCUT2D eigenvalue weighted by Gasteiger charge is -2.13. The summed E-state index contributed by atoms with van der Waals surface area (Å²) >= 11 is 7.47. The Hall–Kier alpha value is -1.43. The molecule has 0 bridgehead atoms. The van der Waals surface area contributed by atoms with E-state index in [1.807, 2.05) is 18.2 Å². The van der Waals surface area contributed by atoms with Gasteiger partial charge in [-0.3, -0.25) is 4.79 Å². The smallest absolute Gasteiger partial charge is 0.273 e. The maximum Gasteiger partial charge on any atom is 0.273 e. The molecule has 1 N–H and O–H groups in total. The number of thiazole rings is 1. The maximum absolute atomic E-state index is 12.0. The average molecular weight is 297 g/mol. The van der Waals surface area contributed by atoms with Gasteiger partial charge >= 0.3 is 0 Å². The van der Waals surface area contributed by atoms with Crippen molar-refractivity contribution in [1.82, 2.24) is 9.88 Å². The molecule has 0 unspecified atom stereocenters. The van der Waals surface area contributed by atoms with Crippen LogP contribution in [0.1, 0.15) is 10.5 Å². The molecule has 0 saturated heterocycles. The van der Waals surface area contributed by atoms with Crippen LogP contribution in [0.2, 0.25) is 5.02 Å². The highest BCUT2D eigenvalue weighted by atomic mass is 35.5. The van der Waals surface area contributed by atoms with Crippen molar-refractivity contribution in [2.75, 3.05) is 20.2 Å². The Kier molecular flexibility index (Phi) is 4.52. The third-order valence-electron chi connectivity index (χ3n) is 2.61. The normalized spacial score (nSPS) is 10.5. The minimum Gasteiger partial charge on any atom is -0.395 e. The molecular formula is C13H13ClN2O2S. The lowest BCUT2D eigenvalue weighted by atomic mass is 10.2. The number of aromatic nitrogens is 1. The molecule has 0 atom stereocenters. The van der Waals surface area contributed by atoms with Crippen molar-refractivity contribution in [2.45, 2.75) is 0 Å². The predicted molar refractivity (Wildman–Crippen MR) is 76.6 cm³/mol. The van der Waals surface area contributed by atoms with Crippen LogP contribution in [0.3, 0.4) is 0 Å². The zero-order valence-electron chi connectivity index (χ0n) is 10.3. The SMILES string of the molecule is CN(CCO)C(=O)c1csc(-c2ccccc2Cl)n1. The van der Waals surface area contributed by atoms with E-state index in [9.17, 15) is 4.79 Å². The monoisotopic (exact) mass is 296 g/mol. The Morgan fingerprint density at radius 3 is 2.89 bits per heavy atom. The third-order valence-corrected chi connectivity index (χ3v) is 3.81. The van der Waals surface area contributed by atoms with Crippen molar-refractivity contribution in [3.63, 3.8) is 0 Å². The number of hydrogen-bond donors (Lipinski definition) is 1. The summed E-state index contributed by atoms with van der Waals surface area (Å²) in [6.07, 6.45) is 0. The molecule has 0 aliphatic heterocycles. The second-order valence-corrected chi connectivity index (χ2v) is 5.23. The number of aliphatic hydroxyl groups excluding tert-OH is 1. The molecule has 0 aliphatic rings. The van der Waals surface area contributed by atoms with Crippen LogP contribution in [-0.2, 0) is 0 Å². The van der Waals surface area contributed by atoms with Crippen molar-refractivity contribution in [3.8, 4) is 10.6 Å². The molecule has 6 heteroatoms. The maximum atomic E-state index is 12.0. The van der Waals surface area contributed by atoms with Crippen LogP contribution in [0, 0.1) is 0 Å². The molecule has 1 aromatic heterocycles. The molecule has 2 rings (SSSR count). The Bertz CT molecular complexity index is 586. The first-order chi connectivity index (χ1) is 9.13. The van der Waals surface area contributed by atoms with Crippen molar-refractivity contribution in [1.29, 1.82) is 0 Å². The summed E-state index contributed by atoms with van der Waals surface area (Å²) in [4.78, 5) is 17.7. The van der Waals surface area contributed by atoms with Gasteiger partial charge in [-0.15, -0.1) is 11.3 Å². The van der Waals surface area contributed by atoms with Gasteiger partial charge in [0.1, 0.15) is 10.7 Å².